The highest BCUT2D eigenvalue weighted by molar-refractivity contribution is 6.20. The monoisotopic (exact) mass is 1630 g/mol. The molecule has 0 atom stereocenters. The zero-order valence-corrected chi connectivity index (χ0v) is 69.6. The van der Waals surface area contributed by atoms with E-state index in [0.717, 1.165) is 133 Å². The first-order valence-electron chi connectivity index (χ1n) is 43.5. The standard InChI is InChI=1S/C42H26N4.C39H27N3.C36H21N3O/c1-2-13-29(14-3-1)45-36-19-8-6-15-30(36)33-17-10-18-34(42(33)45)32-21-22-38(41-40(32)43-23-24-44-41)46-37-20-9-7-16-31(37)35-25-27-11-4-5-12-28(27)26-39(35)46;1-39(2)32-16-7-5-12-26(32)28-14-9-15-29(36(28)39)30-18-19-34(38-37(30)40-20-21-41-38)42-33-17-8-6-13-27(33)31-22-24-10-3-4-11-25(24)23-35(31)42;1-2-8-23-20-32-29(19-22(23)7-1)26-9-3-5-11-30(26)39(32)31-16-15-25(35-36(31)38-18-17-37-35)24-13-14-28-27-10-4-6-12-33(27)40-34(28)21-24/h1-26H;3-23H,1-2H3;1-21H. The number of nitrogens with zero attached hydrogens (tertiary/aromatic N) is 10. The predicted molar refractivity (Wildman–Crippen MR) is 530 cm³/mol. The van der Waals surface area contributed by atoms with Crippen molar-refractivity contribution in [3.63, 3.8) is 0 Å². The predicted octanol–water partition coefficient (Wildman–Crippen LogP) is 29.9. The van der Waals surface area contributed by atoms with Crippen molar-refractivity contribution in [1.82, 2.24) is 48.2 Å². The van der Waals surface area contributed by atoms with Crippen molar-refractivity contribution in [3.05, 3.63) is 424 Å². The molecule has 0 amide bonds. The number of hydrogen-bond donors (Lipinski definition) is 0. The lowest BCUT2D eigenvalue weighted by Crippen LogP contribution is -2.16. The molecular formula is C117H74N10O. The van der Waals surface area contributed by atoms with Gasteiger partial charge in [0.15, 0.2) is 0 Å². The van der Waals surface area contributed by atoms with Crippen molar-refractivity contribution in [2.75, 3.05) is 0 Å². The number of furan rings is 1. The van der Waals surface area contributed by atoms with E-state index >= 15 is 0 Å². The maximum absolute atomic E-state index is 6.20. The van der Waals surface area contributed by atoms with Crippen LogP contribution >= 0.6 is 0 Å². The van der Waals surface area contributed by atoms with E-state index in [9.17, 15) is 0 Å². The summed E-state index contributed by atoms with van der Waals surface area (Å²) in [5.74, 6) is 0. The highest BCUT2D eigenvalue weighted by atomic mass is 16.3. The van der Waals surface area contributed by atoms with E-state index in [1.807, 2.05) is 36.8 Å². The molecule has 0 fully saturated rings. The number of hydrogen-bond acceptors (Lipinski definition) is 7. The van der Waals surface area contributed by atoms with E-state index in [4.69, 9.17) is 34.3 Å². The Morgan fingerprint density at radius 1 is 0.219 bits per heavy atom. The second kappa shape index (κ2) is 28.5. The minimum Gasteiger partial charge on any atom is -0.456 e. The molecule has 128 heavy (non-hydrogen) atoms. The van der Waals surface area contributed by atoms with Gasteiger partial charge in [-0.15, -0.1) is 0 Å². The lowest BCUT2D eigenvalue weighted by atomic mass is 9.78. The second-order valence-electron chi connectivity index (χ2n) is 34.0. The second-order valence-corrected chi connectivity index (χ2v) is 34.0. The van der Waals surface area contributed by atoms with E-state index < -0.39 is 0 Å². The molecule has 0 saturated carbocycles. The van der Waals surface area contributed by atoms with Gasteiger partial charge in [0.1, 0.15) is 27.7 Å². The summed E-state index contributed by atoms with van der Waals surface area (Å²) in [7, 11) is 0. The van der Waals surface area contributed by atoms with Crippen LogP contribution in [-0.2, 0) is 5.41 Å². The molecule has 8 heterocycles. The van der Waals surface area contributed by atoms with Gasteiger partial charge in [-0.25, -0.2) is 0 Å². The van der Waals surface area contributed by atoms with Crippen LogP contribution in [0.15, 0.2) is 418 Å². The largest absolute Gasteiger partial charge is 0.456 e. The first-order chi connectivity index (χ1) is 63.3. The Morgan fingerprint density at radius 2 is 0.570 bits per heavy atom. The third-order valence-corrected chi connectivity index (χ3v) is 26.7. The first kappa shape index (κ1) is 72.6. The quantitative estimate of drug-likeness (QED) is 0.156. The average molecular weight is 1640 g/mol. The summed E-state index contributed by atoms with van der Waals surface area (Å²) in [5.41, 5.74) is 32.4. The maximum Gasteiger partial charge on any atom is 0.136 e. The molecule has 28 rings (SSSR count). The zero-order valence-electron chi connectivity index (χ0n) is 69.6. The van der Waals surface area contributed by atoms with Crippen LogP contribution in [0.2, 0.25) is 0 Å². The minimum absolute atomic E-state index is 0.121. The Morgan fingerprint density at radius 3 is 1.08 bits per heavy atom. The fourth-order valence-electron chi connectivity index (χ4n) is 21.1. The van der Waals surface area contributed by atoms with Crippen molar-refractivity contribution in [2.24, 2.45) is 0 Å². The highest BCUT2D eigenvalue weighted by Crippen LogP contribution is 2.54. The average Bonchev–Trinajstić information content (AvgIpc) is 1.55. The summed E-state index contributed by atoms with van der Waals surface area (Å²) >= 11 is 0. The van der Waals surface area contributed by atoms with Crippen LogP contribution in [0.5, 0.6) is 0 Å². The zero-order chi connectivity index (χ0) is 84.4. The molecule has 27 aromatic rings. The van der Waals surface area contributed by atoms with Gasteiger partial charge >= 0.3 is 0 Å². The number of fused-ring (bicyclic) bond motifs is 24. The number of aromatic nitrogens is 10. The molecule has 0 spiro atoms. The molecule has 1 aliphatic carbocycles. The van der Waals surface area contributed by atoms with Crippen molar-refractivity contribution < 1.29 is 4.42 Å². The van der Waals surface area contributed by atoms with E-state index in [0.29, 0.717) is 0 Å². The van der Waals surface area contributed by atoms with E-state index in [1.54, 1.807) is 18.6 Å². The van der Waals surface area contributed by atoms with Gasteiger partial charge in [0.05, 0.1) is 77.7 Å². The fraction of sp³-hybridized carbons (Fsp3) is 0.0256. The van der Waals surface area contributed by atoms with Crippen molar-refractivity contribution in [3.8, 4) is 67.3 Å². The summed E-state index contributed by atoms with van der Waals surface area (Å²) in [6.07, 6.45) is 10.8. The first-order valence-corrected chi connectivity index (χ1v) is 43.5. The lowest BCUT2D eigenvalue weighted by molar-refractivity contribution is 0.662. The number of para-hydroxylation sites is 7. The molecule has 8 aromatic heterocycles. The van der Waals surface area contributed by atoms with E-state index in [2.05, 4.69) is 390 Å². The molecule has 0 radical (unpaired) electrons. The summed E-state index contributed by atoms with van der Waals surface area (Å²) < 4.78 is 15.6. The molecule has 0 N–H and O–H groups in total. The normalized spacial score (nSPS) is 12.5. The van der Waals surface area contributed by atoms with Crippen molar-refractivity contribution >= 4 is 175 Å². The Balaban J connectivity index is 0.000000102. The summed E-state index contributed by atoms with van der Waals surface area (Å²) in [6, 6.07) is 135. The topological polar surface area (TPSA) is 110 Å². The molecule has 598 valence electrons. The number of benzene rings is 19. The molecule has 0 bridgehead atoms. The van der Waals surface area contributed by atoms with Crippen LogP contribution in [0.4, 0.5) is 0 Å². The van der Waals surface area contributed by atoms with Crippen LogP contribution in [-0.4, -0.2) is 48.2 Å². The Kier molecular flexibility index (Phi) is 16.2. The van der Waals surface area contributed by atoms with Crippen molar-refractivity contribution in [1.29, 1.82) is 0 Å². The summed E-state index contributed by atoms with van der Waals surface area (Å²) in [6.45, 7) is 4.68. The van der Waals surface area contributed by atoms with Gasteiger partial charge in [-0.05, 0) is 193 Å². The van der Waals surface area contributed by atoms with Gasteiger partial charge in [-0.3, -0.25) is 29.9 Å². The van der Waals surface area contributed by atoms with Crippen LogP contribution in [0.1, 0.15) is 25.0 Å². The minimum atomic E-state index is -0.121. The van der Waals surface area contributed by atoms with Gasteiger partial charge in [0.2, 0.25) is 0 Å². The lowest BCUT2D eigenvalue weighted by Gasteiger charge is -2.25. The summed E-state index contributed by atoms with van der Waals surface area (Å²) in [5, 5.41) is 19.4. The Bertz CT molecular complexity index is 9350. The Labute approximate surface area is 733 Å². The number of rotatable bonds is 7. The van der Waals surface area contributed by atoms with Gasteiger partial charge in [-0.1, -0.05) is 263 Å². The van der Waals surface area contributed by atoms with Crippen LogP contribution in [0, 0.1) is 0 Å². The molecule has 0 unspecified atom stereocenters. The van der Waals surface area contributed by atoms with Crippen LogP contribution < -0.4 is 0 Å². The molecule has 1 aliphatic rings. The van der Waals surface area contributed by atoms with E-state index in [-0.39, 0.29) is 5.41 Å². The fourth-order valence-corrected chi connectivity index (χ4v) is 21.1. The van der Waals surface area contributed by atoms with Crippen LogP contribution in [0.25, 0.3) is 242 Å². The molecule has 0 aliphatic heterocycles. The third-order valence-electron chi connectivity index (χ3n) is 26.7. The van der Waals surface area contributed by atoms with Crippen LogP contribution in [0.3, 0.4) is 0 Å². The molecule has 11 nitrogen and oxygen atoms in total. The molecule has 11 heteroatoms. The van der Waals surface area contributed by atoms with Gasteiger partial charge < -0.3 is 22.7 Å². The van der Waals surface area contributed by atoms with E-state index in [1.165, 1.54) is 120 Å². The molecular weight excluding hydrogens is 1560 g/mol. The summed E-state index contributed by atoms with van der Waals surface area (Å²) in [4.78, 5) is 29.7. The SMILES string of the molecule is CC1(C)c2ccccc2-c2cccc(-c3ccc(-n4c5ccccc5c5cc6ccccc6cc54)c4nccnc34)c21.c1ccc(-n2c3ccccc3c3cccc(-c4ccc(-n5c6ccccc6c6cc7ccccc7cc65)c5nccnc45)c32)cc1.c1ccc2cc3c(cc2c1)c1ccccc1n3-c1ccc(-c2ccc3c(c2)oc2ccccc23)c2nccnc12. The van der Waals surface area contributed by atoms with Gasteiger partial charge in [0, 0.05) is 124 Å². The molecule has 0 saturated heterocycles. The highest BCUT2D eigenvalue weighted by Gasteiger charge is 2.38. The maximum atomic E-state index is 6.20. The smallest absolute Gasteiger partial charge is 0.136 e. The van der Waals surface area contributed by atoms with Gasteiger partial charge in [-0.2, -0.15) is 0 Å². The Hall–Kier alpha value is -17.0. The van der Waals surface area contributed by atoms with Crippen molar-refractivity contribution in [2.45, 2.75) is 19.3 Å². The molecule has 19 aromatic carbocycles. The third kappa shape index (κ3) is 11.1. The van der Waals surface area contributed by atoms with Gasteiger partial charge in [0.25, 0.3) is 0 Å².